The van der Waals surface area contributed by atoms with Gasteiger partial charge in [-0.3, -0.25) is 0 Å². The minimum Gasteiger partial charge on any atom is -0.488 e. The first-order chi connectivity index (χ1) is 7.69. The number of thioether (sulfide) groups is 1. The second kappa shape index (κ2) is 6.81. The van der Waals surface area contributed by atoms with Crippen molar-refractivity contribution in [3.8, 4) is 5.75 Å². The molecule has 0 amide bonds. The van der Waals surface area contributed by atoms with Crippen molar-refractivity contribution in [2.45, 2.75) is 24.8 Å². The van der Waals surface area contributed by atoms with E-state index in [9.17, 15) is 0 Å². The summed E-state index contributed by atoms with van der Waals surface area (Å²) in [6, 6.07) is 8.20. The van der Waals surface area contributed by atoms with E-state index in [2.05, 4.69) is 31.5 Å². The minimum absolute atomic E-state index is 0.221. The van der Waals surface area contributed by atoms with Crippen molar-refractivity contribution in [2.24, 2.45) is 5.92 Å². The summed E-state index contributed by atoms with van der Waals surface area (Å²) in [6.45, 7) is 5.24. The molecule has 3 heteroatoms. The summed E-state index contributed by atoms with van der Waals surface area (Å²) < 4.78 is 6.06. The quantitative estimate of drug-likeness (QED) is 0.771. The van der Waals surface area contributed by atoms with Crippen LogP contribution in [-0.4, -0.2) is 26.0 Å². The van der Waals surface area contributed by atoms with Crippen LogP contribution in [0.4, 0.5) is 0 Å². The van der Waals surface area contributed by atoms with Crippen molar-refractivity contribution in [3.63, 3.8) is 0 Å². The molecule has 0 aromatic heterocycles. The molecule has 1 rings (SSSR count). The van der Waals surface area contributed by atoms with Gasteiger partial charge in [0.25, 0.3) is 0 Å². The van der Waals surface area contributed by atoms with E-state index in [0.717, 1.165) is 12.3 Å². The fraction of sp³-hybridized carbons (Fsp3) is 0.538. The van der Waals surface area contributed by atoms with Gasteiger partial charge in [0.15, 0.2) is 0 Å². The number of nitrogens with one attached hydrogen (secondary N) is 1. The molecule has 1 N–H and O–H groups in total. The first-order valence-corrected chi connectivity index (χ1v) is 6.85. The van der Waals surface area contributed by atoms with Gasteiger partial charge in [0.2, 0.25) is 0 Å². The van der Waals surface area contributed by atoms with Crippen LogP contribution < -0.4 is 10.1 Å². The van der Waals surface area contributed by atoms with Crippen molar-refractivity contribution in [1.29, 1.82) is 0 Å². The maximum Gasteiger partial charge on any atom is 0.133 e. The molecule has 1 unspecified atom stereocenters. The molecule has 0 saturated heterocycles. The molecule has 2 nitrogen and oxygen atoms in total. The second-order valence-corrected chi connectivity index (χ2v) is 4.96. The molecule has 1 aromatic rings. The lowest BCUT2D eigenvalue weighted by Crippen LogP contribution is -2.33. The number of hydrogen-bond acceptors (Lipinski definition) is 3. The molecule has 90 valence electrons. The topological polar surface area (TPSA) is 21.3 Å². The number of ether oxygens (including phenoxy) is 1. The maximum absolute atomic E-state index is 6.06. The standard InChI is InChI=1S/C13H21NOS/c1-10(2)12(9-14-3)15-11-7-5-6-8-13(11)16-4/h5-8,10,12,14H,9H2,1-4H3. The van der Waals surface area contributed by atoms with E-state index in [1.54, 1.807) is 11.8 Å². The van der Waals surface area contributed by atoms with Crippen molar-refractivity contribution < 1.29 is 4.74 Å². The first-order valence-electron chi connectivity index (χ1n) is 5.63. The van der Waals surface area contributed by atoms with Crippen LogP contribution >= 0.6 is 11.8 Å². The van der Waals surface area contributed by atoms with Gasteiger partial charge < -0.3 is 10.1 Å². The van der Waals surface area contributed by atoms with Gasteiger partial charge in [0.05, 0.1) is 0 Å². The van der Waals surface area contributed by atoms with Crippen LogP contribution in [0.1, 0.15) is 13.8 Å². The molecule has 0 bridgehead atoms. The molecule has 0 aliphatic carbocycles. The third-order valence-corrected chi connectivity index (χ3v) is 3.27. The van der Waals surface area contributed by atoms with Crippen LogP contribution in [0.2, 0.25) is 0 Å². The third-order valence-electron chi connectivity index (χ3n) is 2.50. The molecular formula is C13H21NOS. The molecule has 0 aliphatic heterocycles. The maximum atomic E-state index is 6.06. The Bertz CT molecular complexity index is 315. The molecule has 0 spiro atoms. The summed E-state index contributed by atoms with van der Waals surface area (Å²) in [5.74, 6) is 1.49. The summed E-state index contributed by atoms with van der Waals surface area (Å²) in [5, 5.41) is 3.18. The first kappa shape index (κ1) is 13.4. The van der Waals surface area contributed by atoms with Crippen LogP contribution in [0.5, 0.6) is 5.75 Å². The van der Waals surface area contributed by atoms with Gasteiger partial charge in [0.1, 0.15) is 11.9 Å². The summed E-state index contributed by atoms with van der Waals surface area (Å²) >= 11 is 1.72. The highest BCUT2D eigenvalue weighted by molar-refractivity contribution is 7.98. The SMILES string of the molecule is CNCC(Oc1ccccc1SC)C(C)C. The Balaban J connectivity index is 2.76. The normalized spacial score (nSPS) is 12.8. The summed E-state index contributed by atoms with van der Waals surface area (Å²) in [7, 11) is 1.96. The van der Waals surface area contributed by atoms with Crippen LogP contribution in [0, 0.1) is 5.92 Å². The monoisotopic (exact) mass is 239 g/mol. The average molecular weight is 239 g/mol. The molecule has 0 aliphatic rings. The van der Waals surface area contributed by atoms with E-state index in [1.165, 1.54) is 4.90 Å². The predicted molar refractivity (Wildman–Crippen MR) is 71.4 cm³/mol. The summed E-state index contributed by atoms with van der Waals surface area (Å²) in [6.07, 6.45) is 2.29. The van der Waals surface area contributed by atoms with E-state index >= 15 is 0 Å². The molecule has 0 saturated carbocycles. The van der Waals surface area contributed by atoms with Crippen LogP contribution in [0.25, 0.3) is 0 Å². The fourth-order valence-corrected chi connectivity index (χ4v) is 2.03. The number of benzene rings is 1. The zero-order chi connectivity index (χ0) is 12.0. The molecular weight excluding hydrogens is 218 g/mol. The lowest BCUT2D eigenvalue weighted by molar-refractivity contribution is 0.147. The van der Waals surface area contributed by atoms with Crippen molar-refractivity contribution in [3.05, 3.63) is 24.3 Å². The van der Waals surface area contributed by atoms with Crippen molar-refractivity contribution in [1.82, 2.24) is 5.32 Å². The Labute approximate surface area is 103 Å². The zero-order valence-electron chi connectivity index (χ0n) is 10.5. The Morgan fingerprint density at radius 2 is 2.00 bits per heavy atom. The highest BCUT2D eigenvalue weighted by atomic mass is 32.2. The Hall–Kier alpha value is -0.670. The van der Waals surface area contributed by atoms with Gasteiger partial charge in [-0.05, 0) is 31.4 Å². The minimum atomic E-state index is 0.221. The van der Waals surface area contributed by atoms with E-state index < -0.39 is 0 Å². The Kier molecular flexibility index (Phi) is 5.71. The Morgan fingerprint density at radius 3 is 2.56 bits per heavy atom. The van der Waals surface area contributed by atoms with Gasteiger partial charge in [0, 0.05) is 11.4 Å². The molecule has 1 atom stereocenters. The lowest BCUT2D eigenvalue weighted by Gasteiger charge is -2.23. The van der Waals surface area contributed by atoms with Gasteiger partial charge in [-0.2, -0.15) is 0 Å². The summed E-state index contributed by atoms with van der Waals surface area (Å²) in [4.78, 5) is 1.20. The van der Waals surface area contributed by atoms with Gasteiger partial charge >= 0.3 is 0 Å². The van der Waals surface area contributed by atoms with Gasteiger partial charge in [-0.1, -0.05) is 26.0 Å². The fourth-order valence-electron chi connectivity index (χ4n) is 1.49. The van der Waals surface area contributed by atoms with Crippen LogP contribution in [-0.2, 0) is 0 Å². The van der Waals surface area contributed by atoms with Crippen LogP contribution in [0.15, 0.2) is 29.2 Å². The van der Waals surface area contributed by atoms with Crippen molar-refractivity contribution in [2.75, 3.05) is 19.8 Å². The molecule has 0 radical (unpaired) electrons. The molecule has 1 aromatic carbocycles. The summed E-state index contributed by atoms with van der Waals surface area (Å²) in [5.41, 5.74) is 0. The van der Waals surface area contributed by atoms with E-state index in [0.29, 0.717) is 5.92 Å². The number of para-hydroxylation sites is 1. The zero-order valence-corrected chi connectivity index (χ0v) is 11.3. The molecule has 0 heterocycles. The smallest absolute Gasteiger partial charge is 0.133 e. The third kappa shape index (κ3) is 3.72. The average Bonchev–Trinajstić information content (AvgIpc) is 2.29. The molecule has 16 heavy (non-hydrogen) atoms. The van der Waals surface area contributed by atoms with Crippen molar-refractivity contribution >= 4 is 11.8 Å². The van der Waals surface area contributed by atoms with Gasteiger partial charge in [-0.15, -0.1) is 11.8 Å². The second-order valence-electron chi connectivity index (χ2n) is 4.11. The predicted octanol–water partition coefficient (Wildman–Crippen LogP) is 3.03. The van der Waals surface area contributed by atoms with E-state index in [1.807, 2.05) is 25.2 Å². The lowest BCUT2D eigenvalue weighted by atomic mass is 10.1. The van der Waals surface area contributed by atoms with E-state index in [-0.39, 0.29) is 6.10 Å². The number of hydrogen-bond donors (Lipinski definition) is 1. The molecule has 0 fully saturated rings. The number of rotatable bonds is 6. The number of likely N-dealkylation sites (N-methyl/N-ethyl adjacent to an activating group) is 1. The largest absolute Gasteiger partial charge is 0.488 e. The van der Waals surface area contributed by atoms with Gasteiger partial charge in [-0.25, -0.2) is 0 Å². The Morgan fingerprint density at radius 1 is 1.31 bits per heavy atom. The van der Waals surface area contributed by atoms with Crippen LogP contribution in [0.3, 0.4) is 0 Å². The highest BCUT2D eigenvalue weighted by Gasteiger charge is 2.15. The highest BCUT2D eigenvalue weighted by Crippen LogP contribution is 2.28. The van der Waals surface area contributed by atoms with E-state index in [4.69, 9.17) is 4.74 Å².